The largest absolute Gasteiger partial charge is 0.481 e. The molecule has 0 aromatic rings. The van der Waals surface area contributed by atoms with Crippen LogP contribution in [0.1, 0.15) is 103 Å². The number of cyclic esters (lactones) is 2. The van der Waals surface area contributed by atoms with E-state index in [4.69, 9.17) is 10.2 Å². The number of carbonyl (C=O) groups is 4. The molecule has 0 saturated heterocycles. The van der Waals surface area contributed by atoms with Crippen LogP contribution in [0.3, 0.4) is 0 Å². The van der Waals surface area contributed by atoms with Crippen LogP contribution in [0.2, 0.25) is 0 Å². The number of unbranched alkanes of at least 4 members (excludes halogenated alkanes) is 12. The van der Waals surface area contributed by atoms with Crippen molar-refractivity contribution in [3.63, 3.8) is 0 Å². The minimum Gasteiger partial charge on any atom is -0.481 e. The van der Waals surface area contributed by atoms with Gasteiger partial charge in [-0.3, -0.25) is 4.79 Å². The molecule has 7 heteroatoms. The maximum absolute atomic E-state index is 11.5. The first-order chi connectivity index (χ1) is 14.8. The zero-order valence-electron chi connectivity index (χ0n) is 18.6. The maximum Gasteiger partial charge on any atom is 0.342 e. The van der Waals surface area contributed by atoms with Crippen molar-refractivity contribution < 1.29 is 34.1 Å². The number of hydrogen-bond acceptors (Lipinski definition) is 5. The molecular weight excluding hydrogens is 400 g/mol. The predicted octanol–water partition coefficient (Wildman–Crippen LogP) is 5.33. The summed E-state index contributed by atoms with van der Waals surface area (Å²) in [6.45, 7) is 1.65. The Morgan fingerprint density at radius 3 is 1.68 bits per heavy atom. The van der Waals surface area contributed by atoms with E-state index in [0.717, 1.165) is 38.5 Å². The molecule has 0 aliphatic carbocycles. The van der Waals surface area contributed by atoms with Gasteiger partial charge in [-0.05, 0) is 32.6 Å². The number of allylic oxidation sites excluding steroid dienone is 1. The summed E-state index contributed by atoms with van der Waals surface area (Å²) in [5.74, 6) is -3.23. The molecule has 1 aliphatic heterocycles. The van der Waals surface area contributed by atoms with Crippen LogP contribution >= 0.6 is 0 Å². The SMILES string of the molecule is CC1=C(CCCCCCCCCCCCCC/C=C(/CC(=O)O)C(=O)O)C(=O)OC1=O. The molecule has 0 unspecified atom stereocenters. The minimum absolute atomic E-state index is 0.0316. The monoisotopic (exact) mass is 436 g/mol. The van der Waals surface area contributed by atoms with Crippen molar-refractivity contribution in [3.05, 3.63) is 22.8 Å². The smallest absolute Gasteiger partial charge is 0.342 e. The van der Waals surface area contributed by atoms with Crippen molar-refractivity contribution in [2.45, 2.75) is 103 Å². The topological polar surface area (TPSA) is 118 Å². The van der Waals surface area contributed by atoms with Gasteiger partial charge < -0.3 is 14.9 Å². The summed E-state index contributed by atoms with van der Waals surface area (Å²) in [6.07, 6.45) is 15.7. The highest BCUT2D eigenvalue weighted by atomic mass is 16.6. The first kappa shape index (κ1) is 26.6. The Kier molecular flexibility index (Phi) is 13.2. The predicted molar refractivity (Wildman–Crippen MR) is 116 cm³/mol. The fourth-order valence-corrected chi connectivity index (χ4v) is 3.68. The molecule has 0 aromatic heterocycles. The number of aliphatic carboxylic acids is 2. The third kappa shape index (κ3) is 11.5. The van der Waals surface area contributed by atoms with E-state index < -0.39 is 30.3 Å². The van der Waals surface area contributed by atoms with Crippen molar-refractivity contribution in [1.82, 2.24) is 0 Å². The number of carbonyl (C=O) groups excluding carboxylic acids is 2. The van der Waals surface area contributed by atoms with Crippen LogP contribution in [0.4, 0.5) is 0 Å². The van der Waals surface area contributed by atoms with Crippen LogP contribution in [0, 0.1) is 0 Å². The van der Waals surface area contributed by atoms with E-state index >= 15 is 0 Å². The molecule has 7 nitrogen and oxygen atoms in total. The number of rotatable bonds is 18. The summed E-state index contributed by atoms with van der Waals surface area (Å²) < 4.78 is 4.59. The van der Waals surface area contributed by atoms with Gasteiger partial charge in [0.2, 0.25) is 0 Å². The minimum atomic E-state index is -1.15. The molecular formula is C24H36O7. The lowest BCUT2D eigenvalue weighted by molar-refractivity contribution is -0.151. The second kappa shape index (κ2) is 15.4. The summed E-state index contributed by atoms with van der Waals surface area (Å²) in [5, 5.41) is 17.6. The van der Waals surface area contributed by atoms with Gasteiger partial charge in [0, 0.05) is 16.7 Å². The lowest BCUT2D eigenvalue weighted by atomic mass is 10.0. The van der Waals surface area contributed by atoms with Crippen LogP contribution in [-0.4, -0.2) is 34.1 Å². The third-order valence-electron chi connectivity index (χ3n) is 5.58. The van der Waals surface area contributed by atoms with E-state index in [1.54, 1.807) is 6.92 Å². The van der Waals surface area contributed by atoms with Gasteiger partial charge in [0.15, 0.2) is 0 Å². The van der Waals surface area contributed by atoms with Crippen molar-refractivity contribution in [1.29, 1.82) is 0 Å². The Hall–Kier alpha value is -2.44. The molecule has 31 heavy (non-hydrogen) atoms. The average molecular weight is 437 g/mol. The van der Waals surface area contributed by atoms with Gasteiger partial charge in [-0.2, -0.15) is 0 Å². The summed E-state index contributed by atoms with van der Waals surface area (Å²) in [4.78, 5) is 44.3. The Balaban J connectivity index is 1.91. The molecule has 2 N–H and O–H groups in total. The normalized spacial score (nSPS) is 14.3. The lowest BCUT2D eigenvalue weighted by Gasteiger charge is -2.03. The lowest BCUT2D eigenvalue weighted by Crippen LogP contribution is -2.06. The molecule has 1 rings (SSSR count). The molecule has 0 spiro atoms. The summed E-state index contributed by atoms with van der Waals surface area (Å²) in [5.41, 5.74) is 0.976. The van der Waals surface area contributed by atoms with Crippen molar-refractivity contribution in [2.75, 3.05) is 0 Å². The van der Waals surface area contributed by atoms with Crippen molar-refractivity contribution in [2.24, 2.45) is 0 Å². The van der Waals surface area contributed by atoms with Crippen LogP contribution in [0.15, 0.2) is 22.8 Å². The van der Waals surface area contributed by atoms with Gasteiger partial charge in [0.25, 0.3) is 0 Å². The zero-order valence-corrected chi connectivity index (χ0v) is 18.6. The third-order valence-corrected chi connectivity index (χ3v) is 5.58. The molecule has 1 heterocycles. The maximum atomic E-state index is 11.5. The van der Waals surface area contributed by atoms with Crippen LogP contribution in [0.5, 0.6) is 0 Å². The van der Waals surface area contributed by atoms with Crippen LogP contribution in [-0.2, 0) is 23.9 Å². The standard InChI is InChI=1S/C24H36O7/c1-18-20(24(30)31-23(18)29)16-14-12-10-8-6-4-2-3-5-7-9-11-13-15-19(22(27)28)17-21(25)26/h15H,2-14,16-17H2,1H3,(H,25,26)(H,27,28)/b19-15-. The van der Waals surface area contributed by atoms with Gasteiger partial charge in [0.1, 0.15) is 0 Å². The highest BCUT2D eigenvalue weighted by Crippen LogP contribution is 2.22. The molecule has 174 valence electrons. The molecule has 0 bridgehead atoms. The average Bonchev–Trinajstić information content (AvgIpc) is 2.95. The van der Waals surface area contributed by atoms with E-state index in [0.29, 0.717) is 24.0 Å². The summed E-state index contributed by atoms with van der Waals surface area (Å²) in [7, 11) is 0. The van der Waals surface area contributed by atoms with Gasteiger partial charge >= 0.3 is 23.9 Å². The quantitative estimate of drug-likeness (QED) is 0.129. The Morgan fingerprint density at radius 2 is 1.26 bits per heavy atom. The second-order valence-electron chi connectivity index (χ2n) is 8.17. The molecule has 0 fully saturated rings. The fourth-order valence-electron chi connectivity index (χ4n) is 3.68. The number of carboxylic acids is 2. The number of carboxylic acid groups (broad SMARTS) is 2. The highest BCUT2D eigenvalue weighted by molar-refractivity contribution is 6.11. The Labute approximate surface area is 184 Å². The van der Waals surface area contributed by atoms with Crippen molar-refractivity contribution in [3.8, 4) is 0 Å². The number of hydrogen-bond donors (Lipinski definition) is 2. The van der Waals surface area contributed by atoms with E-state index in [2.05, 4.69) is 4.74 Å². The molecule has 0 amide bonds. The van der Waals surface area contributed by atoms with Crippen molar-refractivity contribution >= 4 is 23.9 Å². The number of esters is 2. The van der Waals surface area contributed by atoms with Crippen LogP contribution in [0.25, 0.3) is 0 Å². The Bertz CT molecular complexity index is 688. The van der Waals surface area contributed by atoms with Crippen LogP contribution < -0.4 is 0 Å². The first-order valence-corrected chi connectivity index (χ1v) is 11.4. The molecule has 0 saturated carbocycles. The summed E-state index contributed by atoms with van der Waals surface area (Å²) in [6, 6.07) is 0. The molecule has 0 atom stereocenters. The van der Waals surface area contributed by atoms with E-state index in [-0.39, 0.29) is 5.57 Å². The Morgan fingerprint density at radius 1 is 0.774 bits per heavy atom. The first-order valence-electron chi connectivity index (χ1n) is 11.4. The molecule has 1 aliphatic rings. The van der Waals surface area contributed by atoms with E-state index in [1.165, 1.54) is 44.6 Å². The molecule has 0 radical (unpaired) electrons. The zero-order chi connectivity index (χ0) is 23.1. The van der Waals surface area contributed by atoms with Gasteiger partial charge in [-0.25, -0.2) is 14.4 Å². The molecule has 0 aromatic carbocycles. The number of ether oxygens (including phenoxy) is 1. The second-order valence-corrected chi connectivity index (χ2v) is 8.17. The van der Waals surface area contributed by atoms with Gasteiger partial charge in [-0.15, -0.1) is 0 Å². The fraction of sp³-hybridized carbons (Fsp3) is 0.667. The van der Waals surface area contributed by atoms with E-state index in [9.17, 15) is 19.2 Å². The van der Waals surface area contributed by atoms with Gasteiger partial charge in [0.05, 0.1) is 6.42 Å². The summed E-state index contributed by atoms with van der Waals surface area (Å²) >= 11 is 0. The van der Waals surface area contributed by atoms with Gasteiger partial charge in [-0.1, -0.05) is 70.3 Å². The highest BCUT2D eigenvalue weighted by Gasteiger charge is 2.28. The van der Waals surface area contributed by atoms with E-state index in [1.807, 2.05) is 0 Å².